The van der Waals surface area contributed by atoms with Crippen molar-refractivity contribution >= 4 is 5.91 Å². The van der Waals surface area contributed by atoms with Crippen molar-refractivity contribution in [3.63, 3.8) is 0 Å². The molecule has 7 heteroatoms. The number of carbonyl (C=O) groups excluding carboxylic acids is 1. The molecule has 6 nitrogen and oxygen atoms in total. The first-order chi connectivity index (χ1) is 16.0. The number of hydrogen-bond acceptors (Lipinski definition) is 4. The van der Waals surface area contributed by atoms with Gasteiger partial charge < -0.3 is 14.6 Å². The molecule has 3 aromatic carbocycles. The van der Waals surface area contributed by atoms with E-state index in [4.69, 9.17) is 4.74 Å². The first-order valence-corrected chi connectivity index (χ1v) is 10.3. The number of benzene rings is 3. The number of rotatable bonds is 7. The van der Waals surface area contributed by atoms with Gasteiger partial charge in [0.15, 0.2) is 0 Å². The normalized spacial score (nSPS) is 11.4. The zero-order valence-electron chi connectivity index (χ0n) is 17.9. The molecule has 0 saturated carbocycles. The molecule has 1 heterocycles. The number of imidazole rings is 1. The predicted octanol–water partition coefficient (Wildman–Crippen LogP) is 4.53. The summed E-state index contributed by atoms with van der Waals surface area (Å²) in [7, 11) is 1.83. The van der Waals surface area contributed by atoms with Crippen LogP contribution >= 0.6 is 0 Å². The molecule has 0 radical (unpaired) electrons. The quantitative estimate of drug-likeness (QED) is 0.458. The number of nitriles is 1. The monoisotopic (exact) mass is 440 g/mol. The smallest absolute Gasteiger partial charge is 0.252 e. The summed E-state index contributed by atoms with van der Waals surface area (Å²) in [6.07, 6.45) is 3.43. The third-order valence-electron chi connectivity index (χ3n) is 5.22. The molecule has 1 unspecified atom stereocenters. The van der Waals surface area contributed by atoms with Crippen LogP contribution in [0.5, 0.6) is 5.75 Å². The van der Waals surface area contributed by atoms with Crippen LogP contribution in [-0.4, -0.2) is 15.5 Å². The van der Waals surface area contributed by atoms with Crippen LogP contribution in [0, 0.1) is 17.1 Å². The van der Waals surface area contributed by atoms with Crippen molar-refractivity contribution in [1.29, 1.82) is 5.26 Å². The van der Waals surface area contributed by atoms with Crippen molar-refractivity contribution in [2.24, 2.45) is 7.05 Å². The molecule has 4 aromatic rings. The lowest BCUT2D eigenvalue weighted by Crippen LogP contribution is -2.31. The molecular weight excluding hydrogens is 419 g/mol. The van der Waals surface area contributed by atoms with E-state index in [1.807, 2.05) is 19.2 Å². The minimum absolute atomic E-state index is 0.209. The number of nitrogens with one attached hydrogen (secondary N) is 1. The Balaban J connectivity index is 1.53. The van der Waals surface area contributed by atoms with Crippen LogP contribution in [0.15, 0.2) is 85.2 Å². The van der Waals surface area contributed by atoms with Crippen LogP contribution in [0.1, 0.15) is 38.9 Å². The van der Waals surface area contributed by atoms with Crippen molar-refractivity contribution in [2.75, 3.05) is 0 Å². The van der Waals surface area contributed by atoms with E-state index >= 15 is 0 Å². The number of amides is 1. The molecule has 0 spiro atoms. The lowest BCUT2D eigenvalue weighted by Gasteiger charge is -2.19. The minimum atomic E-state index is -0.565. The third kappa shape index (κ3) is 5.08. The number of aryl methyl sites for hydroxylation is 1. The Morgan fingerprint density at radius 2 is 1.94 bits per heavy atom. The molecule has 0 aliphatic heterocycles. The number of halogens is 1. The van der Waals surface area contributed by atoms with E-state index in [0.717, 1.165) is 5.56 Å². The van der Waals surface area contributed by atoms with E-state index in [1.54, 1.807) is 65.5 Å². The molecule has 33 heavy (non-hydrogen) atoms. The van der Waals surface area contributed by atoms with Crippen LogP contribution in [0.4, 0.5) is 4.39 Å². The first kappa shape index (κ1) is 21.8. The van der Waals surface area contributed by atoms with Crippen LogP contribution < -0.4 is 10.1 Å². The summed E-state index contributed by atoms with van der Waals surface area (Å²) in [5, 5.41) is 12.2. The maximum atomic E-state index is 13.4. The number of aromatic nitrogens is 2. The molecule has 0 aliphatic rings. The third-order valence-corrected chi connectivity index (χ3v) is 5.22. The van der Waals surface area contributed by atoms with Gasteiger partial charge in [0.25, 0.3) is 5.91 Å². The van der Waals surface area contributed by atoms with Gasteiger partial charge in [-0.2, -0.15) is 5.26 Å². The van der Waals surface area contributed by atoms with Crippen molar-refractivity contribution in [1.82, 2.24) is 14.9 Å². The van der Waals surface area contributed by atoms with Gasteiger partial charge in [-0.1, -0.05) is 36.4 Å². The summed E-state index contributed by atoms with van der Waals surface area (Å²) < 4.78 is 21.1. The Morgan fingerprint density at radius 1 is 1.15 bits per heavy atom. The molecule has 0 bridgehead atoms. The fraction of sp³-hybridized carbons (Fsp3) is 0.115. The van der Waals surface area contributed by atoms with Crippen LogP contribution in [0.25, 0.3) is 0 Å². The molecule has 1 amide bonds. The topological polar surface area (TPSA) is 79.9 Å². The average molecular weight is 440 g/mol. The first-order valence-electron chi connectivity index (χ1n) is 10.3. The van der Waals surface area contributed by atoms with Gasteiger partial charge in [-0.3, -0.25) is 4.79 Å². The van der Waals surface area contributed by atoms with E-state index in [-0.39, 0.29) is 18.3 Å². The number of ether oxygens (including phenoxy) is 1. The fourth-order valence-corrected chi connectivity index (χ4v) is 3.47. The van der Waals surface area contributed by atoms with Gasteiger partial charge >= 0.3 is 0 Å². The van der Waals surface area contributed by atoms with Gasteiger partial charge in [0.05, 0.1) is 11.6 Å². The lowest BCUT2D eigenvalue weighted by molar-refractivity contribution is 0.0940. The predicted molar refractivity (Wildman–Crippen MR) is 121 cm³/mol. The van der Waals surface area contributed by atoms with E-state index < -0.39 is 6.04 Å². The number of hydrogen-bond donors (Lipinski definition) is 1. The molecule has 1 aromatic heterocycles. The van der Waals surface area contributed by atoms with Gasteiger partial charge in [-0.15, -0.1) is 0 Å². The van der Waals surface area contributed by atoms with Crippen LogP contribution in [0.3, 0.4) is 0 Å². The fourth-order valence-electron chi connectivity index (χ4n) is 3.47. The lowest BCUT2D eigenvalue weighted by atomic mass is 10.0. The van der Waals surface area contributed by atoms with Gasteiger partial charge in [0.2, 0.25) is 0 Å². The highest BCUT2D eigenvalue weighted by Gasteiger charge is 2.22. The second-order valence-corrected chi connectivity index (χ2v) is 7.44. The average Bonchev–Trinajstić information content (AvgIpc) is 3.27. The Kier molecular flexibility index (Phi) is 6.46. The zero-order chi connectivity index (χ0) is 23.2. The highest BCUT2D eigenvalue weighted by atomic mass is 19.1. The molecule has 4 rings (SSSR count). The van der Waals surface area contributed by atoms with Gasteiger partial charge in [-0.25, -0.2) is 9.37 Å². The number of nitrogens with zero attached hydrogens (tertiary/aromatic N) is 3. The van der Waals surface area contributed by atoms with E-state index in [2.05, 4.69) is 16.4 Å². The van der Waals surface area contributed by atoms with E-state index in [0.29, 0.717) is 28.3 Å². The van der Waals surface area contributed by atoms with Crippen molar-refractivity contribution in [3.05, 3.63) is 119 Å². The standard InChI is InChI=1S/C26H21FN4O2/c1-31-14-13-29-25(31)24(18-9-11-22(27)12-10-18)30-26(32)19-7-4-8-23(15-19)33-17-21-6-3-2-5-20(21)16-28/h2-15,24H,17H2,1H3,(H,30,32). The second-order valence-electron chi connectivity index (χ2n) is 7.44. The maximum Gasteiger partial charge on any atom is 0.252 e. The summed E-state index contributed by atoms with van der Waals surface area (Å²) in [6, 6.07) is 21.6. The van der Waals surface area contributed by atoms with Gasteiger partial charge in [0, 0.05) is 30.6 Å². The molecular formula is C26H21FN4O2. The Bertz CT molecular complexity index is 1310. The summed E-state index contributed by atoms with van der Waals surface area (Å²) >= 11 is 0. The van der Waals surface area contributed by atoms with E-state index in [1.165, 1.54) is 12.1 Å². The molecule has 1 N–H and O–H groups in total. The molecule has 164 valence electrons. The minimum Gasteiger partial charge on any atom is -0.489 e. The van der Waals surface area contributed by atoms with Crippen LogP contribution in [-0.2, 0) is 13.7 Å². The Labute approximate surface area is 190 Å². The van der Waals surface area contributed by atoms with Crippen molar-refractivity contribution in [3.8, 4) is 11.8 Å². The molecule has 0 saturated heterocycles. The Hall–Kier alpha value is -4.44. The summed E-state index contributed by atoms with van der Waals surface area (Å²) in [6.45, 7) is 0.209. The molecule has 0 fully saturated rings. The molecule has 0 aliphatic carbocycles. The Morgan fingerprint density at radius 3 is 2.67 bits per heavy atom. The van der Waals surface area contributed by atoms with Crippen molar-refractivity contribution < 1.29 is 13.9 Å². The summed E-state index contributed by atoms with van der Waals surface area (Å²) in [5.41, 5.74) is 2.42. The highest BCUT2D eigenvalue weighted by Crippen LogP contribution is 2.23. The summed E-state index contributed by atoms with van der Waals surface area (Å²) in [4.78, 5) is 17.5. The number of carbonyl (C=O) groups is 1. The highest BCUT2D eigenvalue weighted by molar-refractivity contribution is 5.95. The summed E-state index contributed by atoms with van der Waals surface area (Å²) in [5.74, 6) is 0.447. The van der Waals surface area contributed by atoms with Crippen LogP contribution in [0.2, 0.25) is 0 Å². The van der Waals surface area contributed by atoms with Gasteiger partial charge in [0.1, 0.15) is 30.0 Å². The largest absolute Gasteiger partial charge is 0.489 e. The van der Waals surface area contributed by atoms with E-state index in [9.17, 15) is 14.4 Å². The van der Waals surface area contributed by atoms with Crippen molar-refractivity contribution in [2.45, 2.75) is 12.6 Å². The maximum absolute atomic E-state index is 13.4. The van der Waals surface area contributed by atoms with Gasteiger partial charge in [-0.05, 0) is 42.0 Å². The molecule has 1 atom stereocenters. The SMILES string of the molecule is Cn1ccnc1C(NC(=O)c1cccc(OCc2ccccc2C#N)c1)c1ccc(F)cc1. The zero-order valence-corrected chi connectivity index (χ0v) is 17.9. The second kappa shape index (κ2) is 9.79.